The van der Waals surface area contributed by atoms with Crippen LogP contribution in [0.2, 0.25) is 0 Å². The summed E-state index contributed by atoms with van der Waals surface area (Å²) in [6.07, 6.45) is 4.68. The van der Waals surface area contributed by atoms with Gasteiger partial charge < -0.3 is 10.6 Å². The Hall–Kier alpha value is -0.570. The molecule has 1 aliphatic rings. The SMILES string of the molecule is CC[C@@]1(C)CCCN(C(=O)C(C)(C)CN)CC1. The lowest BCUT2D eigenvalue weighted by molar-refractivity contribution is -0.139. The zero-order chi connectivity index (χ0) is 13.1. The van der Waals surface area contributed by atoms with Gasteiger partial charge in [0.25, 0.3) is 0 Å². The highest BCUT2D eigenvalue weighted by Crippen LogP contribution is 2.34. The quantitative estimate of drug-likeness (QED) is 0.823. The molecule has 1 aliphatic heterocycles. The average Bonchev–Trinajstić information content (AvgIpc) is 2.51. The lowest BCUT2D eigenvalue weighted by atomic mass is 9.80. The van der Waals surface area contributed by atoms with Crippen LogP contribution in [0.4, 0.5) is 0 Å². The van der Waals surface area contributed by atoms with E-state index >= 15 is 0 Å². The van der Waals surface area contributed by atoms with E-state index in [-0.39, 0.29) is 5.91 Å². The number of rotatable bonds is 3. The highest BCUT2D eigenvalue weighted by atomic mass is 16.2. The molecule has 1 heterocycles. The molecule has 0 aromatic heterocycles. The molecule has 1 atom stereocenters. The van der Waals surface area contributed by atoms with E-state index in [1.54, 1.807) is 0 Å². The molecule has 1 fully saturated rings. The molecule has 0 bridgehead atoms. The smallest absolute Gasteiger partial charge is 0.229 e. The van der Waals surface area contributed by atoms with Crippen LogP contribution in [0, 0.1) is 10.8 Å². The summed E-state index contributed by atoms with van der Waals surface area (Å²) in [7, 11) is 0. The van der Waals surface area contributed by atoms with E-state index in [1.165, 1.54) is 12.8 Å². The molecule has 3 heteroatoms. The number of likely N-dealkylation sites (tertiary alicyclic amines) is 1. The minimum atomic E-state index is -0.410. The molecule has 0 saturated carbocycles. The van der Waals surface area contributed by atoms with Gasteiger partial charge in [0.05, 0.1) is 5.41 Å². The van der Waals surface area contributed by atoms with Gasteiger partial charge in [-0.1, -0.05) is 20.3 Å². The highest BCUT2D eigenvalue weighted by molar-refractivity contribution is 5.82. The van der Waals surface area contributed by atoms with Crippen LogP contribution in [0.15, 0.2) is 0 Å². The second-order valence-electron chi connectivity index (χ2n) is 6.40. The number of hydrogen-bond acceptors (Lipinski definition) is 2. The maximum atomic E-state index is 12.3. The highest BCUT2D eigenvalue weighted by Gasteiger charge is 2.34. The van der Waals surface area contributed by atoms with Crippen LogP contribution < -0.4 is 5.73 Å². The summed E-state index contributed by atoms with van der Waals surface area (Å²) >= 11 is 0. The molecule has 3 nitrogen and oxygen atoms in total. The average molecular weight is 240 g/mol. The fraction of sp³-hybridized carbons (Fsp3) is 0.929. The summed E-state index contributed by atoms with van der Waals surface area (Å²) in [4.78, 5) is 14.4. The zero-order valence-corrected chi connectivity index (χ0v) is 11.9. The van der Waals surface area contributed by atoms with Crippen LogP contribution in [0.25, 0.3) is 0 Å². The van der Waals surface area contributed by atoms with E-state index in [9.17, 15) is 4.79 Å². The molecular weight excluding hydrogens is 212 g/mol. The first kappa shape index (κ1) is 14.5. The van der Waals surface area contributed by atoms with Crippen LogP contribution >= 0.6 is 0 Å². The predicted molar refractivity (Wildman–Crippen MR) is 71.7 cm³/mol. The Labute approximate surface area is 106 Å². The van der Waals surface area contributed by atoms with Gasteiger partial charge in [-0.25, -0.2) is 0 Å². The molecule has 1 saturated heterocycles. The van der Waals surface area contributed by atoms with Gasteiger partial charge in [0, 0.05) is 19.6 Å². The van der Waals surface area contributed by atoms with E-state index in [0.29, 0.717) is 12.0 Å². The lowest BCUT2D eigenvalue weighted by Gasteiger charge is -2.31. The van der Waals surface area contributed by atoms with Crippen molar-refractivity contribution in [3.8, 4) is 0 Å². The van der Waals surface area contributed by atoms with Crippen LogP contribution in [0.1, 0.15) is 53.4 Å². The third-order valence-corrected chi connectivity index (χ3v) is 4.42. The monoisotopic (exact) mass is 240 g/mol. The number of carbonyl (C=O) groups excluding carboxylic acids is 1. The second-order valence-corrected chi connectivity index (χ2v) is 6.40. The Balaban J connectivity index is 2.66. The van der Waals surface area contributed by atoms with Gasteiger partial charge in [-0.3, -0.25) is 4.79 Å². The van der Waals surface area contributed by atoms with Crippen molar-refractivity contribution in [2.45, 2.75) is 53.4 Å². The van der Waals surface area contributed by atoms with Crippen LogP contribution in [-0.4, -0.2) is 30.4 Å². The topological polar surface area (TPSA) is 46.3 Å². The van der Waals surface area contributed by atoms with Crippen molar-refractivity contribution in [1.82, 2.24) is 4.90 Å². The van der Waals surface area contributed by atoms with E-state index in [1.807, 2.05) is 18.7 Å². The fourth-order valence-electron chi connectivity index (χ4n) is 2.41. The Morgan fingerprint density at radius 2 is 2.00 bits per heavy atom. The third-order valence-electron chi connectivity index (χ3n) is 4.42. The summed E-state index contributed by atoms with van der Waals surface area (Å²) in [6.45, 7) is 10.7. The second kappa shape index (κ2) is 5.38. The molecule has 0 spiro atoms. The van der Waals surface area contributed by atoms with Crippen molar-refractivity contribution in [2.24, 2.45) is 16.6 Å². The molecule has 0 aliphatic carbocycles. The van der Waals surface area contributed by atoms with Crippen molar-refractivity contribution in [1.29, 1.82) is 0 Å². The molecule has 0 radical (unpaired) electrons. The largest absolute Gasteiger partial charge is 0.342 e. The minimum Gasteiger partial charge on any atom is -0.342 e. The normalized spacial score (nSPS) is 26.8. The summed E-state index contributed by atoms with van der Waals surface area (Å²) in [5.41, 5.74) is 5.69. The Morgan fingerprint density at radius 3 is 2.53 bits per heavy atom. The van der Waals surface area contributed by atoms with Gasteiger partial charge in [-0.15, -0.1) is 0 Å². The van der Waals surface area contributed by atoms with E-state index in [4.69, 9.17) is 5.73 Å². The van der Waals surface area contributed by atoms with Gasteiger partial charge >= 0.3 is 0 Å². The summed E-state index contributed by atoms with van der Waals surface area (Å²) in [5, 5.41) is 0. The summed E-state index contributed by atoms with van der Waals surface area (Å²) in [5.74, 6) is 0.223. The molecule has 1 amide bonds. The fourth-order valence-corrected chi connectivity index (χ4v) is 2.41. The van der Waals surface area contributed by atoms with Gasteiger partial charge in [0.1, 0.15) is 0 Å². The number of nitrogens with two attached hydrogens (primary N) is 1. The van der Waals surface area contributed by atoms with Gasteiger partial charge in [0.2, 0.25) is 5.91 Å². The number of nitrogens with zero attached hydrogens (tertiary/aromatic N) is 1. The van der Waals surface area contributed by atoms with Crippen LogP contribution in [0.5, 0.6) is 0 Å². The van der Waals surface area contributed by atoms with Crippen LogP contribution in [0.3, 0.4) is 0 Å². The molecule has 0 aromatic carbocycles. The van der Waals surface area contributed by atoms with E-state index < -0.39 is 5.41 Å². The maximum Gasteiger partial charge on any atom is 0.229 e. The molecule has 0 unspecified atom stereocenters. The Kier molecular flexibility index (Phi) is 4.59. The van der Waals surface area contributed by atoms with Crippen molar-refractivity contribution in [2.75, 3.05) is 19.6 Å². The summed E-state index contributed by atoms with van der Waals surface area (Å²) in [6, 6.07) is 0. The Morgan fingerprint density at radius 1 is 1.35 bits per heavy atom. The number of hydrogen-bond donors (Lipinski definition) is 1. The third kappa shape index (κ3) is 3.44. The van der Waals surface area contributed by atoms with Crippen molar-refractivity contribution < 1.29 is 4.79 Å². The van der Waals surface area contributed by atoms with Crippen molar-refractivity contribution in [3.63, 3.8) is 0 Å². The van der Waals surface area contributed by atoms with Gasteiger partial charge in [-0.05, 0) is 38.5 Å². The van der Waals surface area contributed by atoms with Gasteiger partial charge in [0.15, 0.2) is 0 Å². The van der Waals surface area contributed by atoms with Crippen LogP contribution in [-0.2, 0) is 4.79 Å². The predicted octanol–water partition coefficient (Wildman–Crippen LogP) is 2.40. The standard InChI is InChI=1S/C14H28N2O/c1-5-14(4)7-6-9-16(10-8-14)12(17)13(2,3)11-15/h5-11,15H2,1-4H3/t14-/m0/s1. The zero-order valence-electron chi connectivity index (χ0n) is 11.9. The Bertz CT molecular complexity index is 275. The van der Waals surface area contributed by atoms with Crippen molar-refractivity contribution >= 4 is 5.91 Å². The first-order chi connectivity index (χ1) is 7.84. The maximum absolute atomic E-state index is 12.3. The van der Waals surface area contributed by atoms with E-state index in [0.717, 1.165) is 25.9 Å². The number of carbonyl (C=O) groups is 1. The van der Waals surface area contributed by atoms with Crippen molar-refractivity contribution in [3.05, 3.63) is 0 Å². The molecule has 0 aromatic rings. The minimum absolute atomic E-state index is 0.223. The molecule has 1 rings (SSSR count). The van der Waals surface area contributed by atoms with E-state index in [2.05, 4.69) is 13.8 Å². The molecule has 17 heavy (non-hydrogen) atoms. The first-order valence-corrected chi connectivity index (χ1v) is 6.84. The lowest BCUT2D eigenvalue weighted by Crippen LogP contribution is -2.45. The molecule has 100 valence electrons. The molecular formula is C14H28N2O. The summed E-state index contributed by atoms with van der Waals surface area (Å²) < 4.78 is 0. The van der Waals surface area contributed by atoms with Gasteiger partial charge in [-0.2, -0.15) is 0 Å². The first-order valence-electron chi connectivity index (χ1n) is 6.84. The molecule has 2 N–H and O–H groups in total. The number of amides is 1.